The van der Waals surface area contributed by atoms with Gasteiger partial charge in [0.2, 0.25) is 5.91 Å². The lowest BCUT2D eigenvalue weighted by molar-refractivity contribution is -0.142. The van der Waals surface area contributed by atoms with Crippen molar-refractivity contribution >= 4 is 11.9 Å². The lowest BCUT2D eigenvalue weighted by Gasteiger charge is -2.26. The highest BCUT2D eigenvalue weighted by molar-refractivity contribution is 5.88. The molecule has 0 aromatic heterocycles. The van der Waals surface area contributed by atoms with Crippen LogP contribution in [0.4, 0.5) is 0 Å². The number of rotatable bonds is 5. The smallest absolute Gasteiger partial charge is 0.326 e. The van der Waals surface area contributed by atoms with Crippen molar-refractivity contribution in [2.75, 3.05) is 0 Å². The number of benzene rings is 1. The zero-order valence-electron chi connectivity index (χ0n) is 13.8. The van der Waals surface area contributed by atoms with Crippen molar-refractivity contribution in [3.05, 3.63) is 35.4 Å². The van der Waals surface area contributed by atoms with Crippen LogP contribution in [0.2, 0.25) is 0 Å². The van der Waals surface area contributed by atoms with E-state index in [1.54, 1.807) is 0 Å². The third-order valence-corrected chi connectivity index (χ3v) is 5.34. The number of carbonyl (C=O) groups is 2. The van der Waals surface area contributed by atoms with Gasteiger partial charge in [-0.3, -0.25) is 4.79 Å². The molecule has 4 nitrogen and oxygen atoms in total. The van der Waals surface area contributed by atoms with Crippen molar-refractivity contribution in [3.8, 4) is 0 Å². The Hall–Kier alpha value is -1.84. The minimum Gasteiger partial charge on any atom is -0.480 e. The van der Waals surface area contributed by atoms with E-state index in [0.717, 1.165) is 25.7 Å². The molecule has 0 saturated heterocycles. The van der Waals surface area contributed by atoms with Gasteiger partial charge < -0.3 is 10.4 Å². The van der Waals surface area contributed by atoms with Gasteiger partial charge in [-0.2, -0.15) is 0 Å². The van der Waals surface area contributed by atoms with E-state index in [0.29, 0.717) is 6.42 Å². The SMILES string of the molecule is CC(C)C[C@@H](NC(=O)C1CC12CCCc1ccccc12)C(=O)O. The van der Waals surface area contributed by atoms with E-state index in [9.17, 15) is 14.7 Å². The van der Waals surface area contributed by atoms with Crippen molar-refractivity contribution in [2.24, 2.45) is 11.8 Å². The summed E-state index contributed by atoms with van der Waals surface area (Å²) < 4.78 is 0. The van der Waals surface area contributed by atoms with Crippen LogP contribution in [0.25, 0.3) is 0 Å². The highest BCUT2D eigenvalue weighted by Gasteiger charge is 2.60. The average Bonchev–Trinajstić information content (AvgIpc) is 3.21. The van der Waals surface area contributed by atoms with Crippen LogP contribution < -0.4 is 5.32 Å². The van der Waals surface area contributed by atoms with Gasteiger partial charge in [0, 0.05) is 11.3 Å². The van der Waals surface area contributed by atoms with Crippen molar-refractivity contribution in [1.82, 2.24) is 5.32 Å². The van der Waals surface area contributed by atoms with Crippen LogP contribution >= 0.6 is 0 Å². The van der Waals surface area contributed by atoms with E-state index in [4.69, 9.17) is 0 Å². The summed E-state index contributed by atoms with van der Waals surface area (Å²) in [5.74, 6) is -0.863. The maximum Gasteiger partial charge on any atom is 0.326 e. The molecule has 1 fully saturated rings. The molecular weight excluding hydrogens is 290 g/mol. The molecule has 0 heterocycles. The fourth-order valence-corrected chi connectivity index (χ4v) is 4.14. The molecule has 124 valence electrons. The van der Waals surface area contributed by atoms with E-state index in [1.807, 2.05) is 19.9 Å². The van der Waals surface area contributed by atoms with Crippen LogP contribution in [-0.2, 0) is 21.4 Å². The Bertz CT molecular complexity index is 625. The van der Waals surface area contributed by atoms with Crippen molar-refractivity contribution in [2.45, 2.75) is 57.4 Å². The molecule has 23 heavy (non-hydrogen) atoms. The van der Waals surface area contributed by atoms with Gasteiger partial charge in [-0.25, -0.2) is 4.79 Å². The number of hydrogen-bond acceptors (Lipinski definition) is 2. The Morgan fingerprint density at radius 2 is 2.09 bits per heavy atom. The molecule has 2 unspecified atom stereocenters. The molecule has 1 spiro atoms. The van der Waals surface area contributed by atoms with Gasteiger partial charge in [0.25, 0.3) is 0 Å². The predicted octanol–water partition coefficient (Wildman–Crippen LogP) is 2.90. The topological polar surface area (TPSA) is 66.4 Å². The zero-order chi connectivity index (χ0) is 16.6. The molecule has 1 aromatic rings. The van der Waals surface area contributed by atoms with Gasteiger partial charge in [-0.05, 0) is 49.1 Å². The number of carboxylic acids is 1. The number of amides is 1. The van der Waals surface area contributed by atoms with Crippen LogP contribution in [0.5, 0.6) is 0 Å². The third-order valence-electron chi connectivity index (χ3n) is 5.34. The van der Waals surface area contributed by atoms with Gasteiger partial charge in [0.05, 0.1) is 0 Å². The highest BCUT2D eigenvalue weighted by Crippen LogP contribution is 2.60. The summed E-state index contributed by atoms with van der Waals surface area (Å²) in [6.45, 7) is 3.94. The van der Waals surface area contributed by atoms with Crippen molar-refractivity contribution < 1.29 is 14.7 Å². The normalized spacial score (nSPS) is 26.7. The summed E-state index contributed by atoms with van der Waals surface area (Å²) in [4.78, 5) is 24.0. The number of hydrogen-bond donors (Lipinski definition) is 2. The first kappa shape index (κ1) is 16.0. The fourth-order valence-electron chi connectivity index (χ4n) is 4.14. The Balaban J connectivity index is 1.73. The Kier molecular flexibility index (Phi) is 4.17. The number of carboxylic acid groups (broad SMARTS) is 1. The summed E-state index contributed by atoms with van der Waals surface area (Å²) >= 11 is 0. The second-order valence-corrected chi connectivity index (χ2v) is 7.45. The molecule has 3 atom stereocenters. The fraction of sp³-hybridized carbons (Fsp3) is 0.579. The van der Waals surface area contributed by atoms with E-state index in [-0.39, 0.29) is 23.2 Å². The van der Waals surface area contributed by atoms with E-state index in [2.05, 4.69) is 23.5 Å². The van der Waals surface area contributed by atoms with Crippen LogP contribution in [0.3, 0.4) is 0 Å². The van der Waals surface area contributed by atoms with Gasteiger partial charge in [0.15, 0.2) is 0 Å². The minimum atomic E-state index is -0.939. The maximum absolute atomic E-state index is 12.6. The summed E-state index contributed by atoms with van der Waals surface area (Å²) in [5, 5.41) is 12.1. The molecule has 1 aromatic carbocycles. The standard InChI is InChI=1S/C19H25NO3/c1-12(2)10-16(18(22)23)20-17(21)15-11-19(15)9-5-7-13-6-3-4-8-14(13)19/h3-4,6,8,12,15-16H,5,7,9-11H2,1-2H3,(H,20,21)(H,22,23)/t15?,16-,19?/m1/s1. The van der Waals surface area contributed by atoms with Crippen LogP contribution in [0, 0.1) is 11.8 Å². The van der Waals surface area contributed by atoms with E-state index >= 15 is 0 Å². The van der Waals surface area contributed by atoms with Crippen LogP contribution in [0.15, 0.2) is 24.3 Å². The summed E-state index contributed by atoms with van der Waals surface area (Å²) in [6.07, 6.45) is 4.54. The first-order valence-corrected chi connectivity index (χ1v) is 8.55. The first-order chi connectivity index (χ1) is 10.9. The van der Waals surface area contributed by atoms with Crippen molar-refractivity contribution in [3.63, 3.8) is 0 Å². The van der Waals surface area contributed by atoms with Crippen molar-refractivity contribution in [1.29, 1.82) is 0 Å². The van der Waals surface area contributed by atoms with E-state index in [1.165, 1.54) is 11.1 Å². The summed E-state index contributed by atoms with van der Waals surface area (Å²) in [5.41, 5.74) is 2.62. The summed E-state index contributed by atoms with van der Waals surface area (Å²) in [6, 6.07) is 7.61. The predicted molar refractivity (Wildman–Crippen MR) is 88.2 cm³/mol. The largest absolute Gasteiger partial charge is 0.480 e. The molecule has 2 aliphatic carbocycles. The first-order valence-electron chi connectivity index (χ1n) is 8.55. The molecule has 2 N–H and O–H groups in total. The lowest BCUT2D eigenvalue weighted by Crippen LogP contribution is -2.43. The highest BCUT2D eigenvalue weighted by atomic mass is 16.4. The Labute approximate surface area is 137 Å². The molecule has 0 aliphatic heterocycles. The number of aryl methyl sites for hydroxylation is 1. The zero-order valence-corrected chi connectivity index (χ0v) is 13.8. The van der Waals surface area contributed by atoms with Gasteiger partial charge >= 0.3 is 5.97 Å². The quantitative estimate of drug-likeness (QED) is 0.878. The molecule has 3 rings (SSSR count). The van der Waals surface area contributed by atoms with Gasteiger partial charge in [-0.1, -0.05) is 38.1 Å². The monoisotopic (exact) mass is 315 g/mol. The van der Waals surface area contributed by atoms with Crippen LogP contribution in [-0.4, -0.2) is 23.0 Å². The Morgan fingerprint density at radius 1 is 1.35 bits per heavy atom. The maximum atomic E-state index is 12.6. The van der Waals surface area contributed by atoms with Gasteiger partial charge in [-0.15, -0.1) is 0 Å². The van der Waals surface area contributed by atoms with Crippen LogP contribution in [0.1, 0.15) is 50.7 Å². The second kappa shape index (κ2) is 5.99. The molecule has 2 aliphatic rings. The Morgan fingerprint density at radius 3 is 2.78 bits per heavy atom. The minimum absolute atomic E-state index is 0.0419. The van der Waals surface area contributed by atoms with E-state index < -0.39 is 12.0 Å². The molecule has 0 bridgehead atoms. The number of fused-ring (bicyclic) bond motifs is 2. The number of aliphatic carboxylic acids is 1. The third kappa shape index (κ3) is 2.99. The molecule has 1 amide bonds. The molecule has 0 radical (unpaired) electrons. The number of carbonyl (C=O) groups excluding carboxylic acids is 1. The number of nitrogens with one attached hydrogen (secondary N) is 1. The summed E-state index contributed by atoms with van der Waals surface area (Å²) in [7, 11) is 0. The molecule has 4 heteroatoms. The van der Waals surface area contributed by atoms with Gasteiger partial charge in [0.1, 0.15) is 6.04 Å². The molecule has 1 saturated carbocycles. The second-order valence-electron chi connectivity index (χ2n) is 7.45. The average molecular weight is 315 g/mol. The lowest BCUT2D eigenvalue weighted by atomic mass is 9.78. The molecular formula is C19H25NO3.